The summed E-state index contributed by atoms with van der Waals surface area (Å²) in [6, 6.07) is 4.38. The van der Waals surface area contributed by atoms with Crippen LogP contribution in [0.3, 0.4) is 0 Å². The van der Waals surface area contributed by atoms with Crippen molar-refractivity contribution in [3.63, 3.8) is 0 Å². The largest absolute Gasteiger partial charge is 0.316 e. The van der Waals surface area contributed by atoms with Crippen molar-refractivity contribution < 1.29 is 0 Å². The third-order valence-corrected chi connectivity index (χ3v) is 4.64. The zero-order chi connectivity index (χ0) is 11.9. The van der Waals surface area contributed by atoms with Crippen LogP contribution >= 0.6 is 23.1 Å². The second-order valence-corrected chi connectivity index (χ2v) is 6.67. The van der Waals surface area contributed by atoms with E-state index >= 15 is 0 Å². The van der Waals surface area contributed by atoms with Crippen LogP contribution in [0.2, 0.25) is 0 Å². The molecule has 0 aliphatic carbocycles. The standard InChI is InChI=1S/C13H23NS2/c1-13(2,12-7-6-10-16-12)11-14-8-4-5-9-15-3/h6-7,10,14H,4-5,8-9,11H2,1-3H3. The molecule has 0 aliphatic heterocycles. The molecule has 1 aromatic heterocycles. The molecule has 0 radical (unpaired) electrons. The normalized spacial score (nSPS) is 11.9. The predicted molar refractivity (Wildman–Crippen MR) is 77.8 cm³/mol. The van der Waals surface area contributed by atoms with E-state index in [1.165, 1.54) is 23.5 Å². The fourth-order valence-electron chi connectivity index (χ4n) is 1.65. The number of hydrogen-bond donors (Lipinski definition) is 1. The third kappa shape index (κ3) is 4.89. The summed E-state index contributed by atoms with van der Waals surface area (Å²) in [5.41, 5.74) is 0.272. The number of nitrogens with one attached hydrogen (secondary N) is 1. The van der Waals surface area contributed by atoms with Crippen LogP contribution in [0.5, 0.6) is 0 Å². The maximum Gasteiger partial charge on any atom is 0.0115 e. The maximum absolute atomic E-state index is 3.57. The Morgan fingerprint density at radius 2 is 2.19 bits per heavy atom. The molecule has 16 heavy (non-hydrogen) atoms. The summed E-state index contributed by atoms with van der Waals surface area (Å²) in [5, 5.41) is 5.73. The van der Waals surface area contributed by atoms with Crippen LogP contribution in [0, 0.1) is 0 Å². The molecular formula is C13H23NS2. The number of thiophene rings is 1. The van der Waals surface area contributed by atoms with E-state index in [4.69, 9.17) is 0 Å². The highest BCUT2D eigenvalue weighted by atomic mass is 32.2. The molecule has 0 amide bonds. The van der Waals surface area contributed by atoms with E-state index < -0.39 is 0 Å². The smallest absolute Gasteiger partial charge is 0.0115 e. The lowest BCUT2D eigenvalue weighted by Crippen LogP contribution is -2.32. The molecule has 0 unspecified atom stereocenters. The van der Waals surface area contributed by atoms with Crippen LogP contribution in [-0.2, 0) is 5.41 Å². The van der Waals surface area contributed by atoms with Gasteiger partial charge in [-0.25, -0.2) is 0 Å². The number of hydrogen-bond acceptors (Lipinski definition) is 3. The molecule has 0 spiro atoms. The number of unbranched alkanes of at least 4 members (excludes halogenated alkanes) is 1. The quantitative estimate of drug-likeness (QED) is 0.712. The highest BCUT2D eigenvalue weighted by Gasteiger charge is 2.20. The van der Waals surface area contributed by atoms with Gasteiger partial charge >= 0.3 is 0 Å². The first-order valence-corrected chi connectivity index (χ1v) is 8.18. The van der Waals surface area contributed by atoms with Gasteiger partial charge in [0.25, 0.3) is 0 Å². The van der Waals surface area contributed by atoms with E-state index in [2.05, 4.69) is 42.9 Å². The molecule has 1 aromatic rings. The molecule has 0 saturated heterocycles. The van der Waals surface area contributed by atoms with Crippen LogP contribution in [0.1, 0.15) is 31.6 Å². The van der Waals surface area contributed by atoms with Crippen LogP contribution in [0.25, 0.3) is 0 Å². The lowest BCUT2D eigenvalue weighted by Gasteiger charge is -2.23. The highest BCUT2D eigenvalue weighted by molar-refractivity contribution is 7.98. The SMILES string of the molecule is CSCCCCNCC(C)(C)c1cccs1. The van der Waals surface area contributed by atoms with E-state index in [1.807, 2.05) is 23.1 Å². The Morgan fingerprint density at radius 3 is 2.81 bits per heavy atom. The fraction of sp³-hybridized carbons (Fsp3) is 0.692. The minimum absolute atomic E-state index is 0.272. The van der Waals surface area contributed by atoms with E-state index in [-0.39, 0.29) is 5.41 Å². The molecule has 1 nitrogen and oxygen atoms in total. The highest BCUT2D eigenvalue weighted by Crippen LogP contribution is 2.26. The molecule has 0 aliphatic rings. The Morgan fingerprint density at radius 1 is 1.38 bits per heavy atom. The summed E-state index contributed by atoms with van der Waals surface area (Å²) in [5.74, 6) is 1.29. The maximum atomic E-state index is 3.57. The molecule has 1 rings (SSSR count). The average Bonchev–Trinajstić information content (AvgIpc) is 2.77. The second-order valence-electron chi connectivity index (χ2n) is 4.74. The van der Waals surface area contributed by atoms with Crippen molar-refractivity contribution in [2.45, 2.75) is 32.1 Å². The van der Waals surface area contributed by atoms with Crippen LogP contribution in [0.15, 0.2) is 17.5 Å². The zero-order valence-corrected chi connectivity index (χ0v) is 12.2. The van der Waals surface area contributed by atoms with Crippen molar-refractivity contribution in [1.82, 2.24) is 5.32 Å². The van der Waals surface area contributed by atoms with Crippen LogP contribution in [-0.4, -0.2) is 25.1 Å². The first kappa shape index (κ1) is 14.1. The summed E-state index contributed by atoms with van der Waals surface area (Å²) in [6.45, 7) is 6.85. The first-order valence-electron chi connectivity index (χ1n) is 5.90. The van der Waals surface area contributed by atoms with Crippen LogP contribution < -0.4 is 5.32 Å². The van der Waals surface area contributed by atoms with Crippen molar-refractivity contribution in [2.24, 2.45) is 0 Å². The molecule has 0 aromatic carbocycles. The molecule has 1 N–H and O–H groups in total. The van der Waals surface area contributed by atoms with E-state index in [9.17, 15) is 0 Å². The van der Waals surface area contributed by atoms with Gasteiger partial charge in [0.05, 0.1) is 0 Å². The minimum Gasteiger partial charge on any atom is -0.316 e. The van der Waals surface area contributed by atoms with Gasteiger partial charge in [0.1, 0.15) is 0 Å². The summed E-state index contributed by atoms with van der Waals surface area (Å²) in [7, 11) is 0. The molecule has 92 valence electrons. The first-order chi connectivity index (χ1) is 7.67. The summed E-state index contributed by atoms with van der Waals surface area (Å²) < 4.78 is 0. The molecule has 0 fully saturated rings. The Balaban J connectivity index is 2.17. The molecule has 1 heterocycles. The molecule has 0 bridgehead atoms. The van der Waals surface area contributed by atoms with Gasteiger partial charge in [-0.2, -0.15) is 11.8 Å². The monoisotopic (exact) mass is 257 g/mol. The Labute approximate surface area is 108 Å². The van der Waals surface area contributed by atoms with Gasteiger partial charge in [-0.15, -0.1) is 11.3 Å². The summed E-state index contributed by atoms with van der Waals surface area (Å²) in [4.78, 5) is 1.48. The third-order valence-electron chi connectivity index (χ3n) is 2.71. The van der Waals surface area contributed by atoms with E-state index in [1.54, 1.807) is 0 Å². The van der Waals surface area contributed by atoms with E-state index in [0.717, 1.165) is 13.1 Å². The lowest BCUT2D eigenvalue weighted by molar-refractivity contribution is 0.473. The van der Waals surface area contributed by atoms with Gasteiger partial charge in [-0.1, -0.05) is 19.9 Å². The molecule has 0 saturated carbocycles. The van der Waals surface area contributed by atoms with Crippen molar-refractivity contribution in [3.05, 3.63) is 22.4 Å². The number of thioether (sulfide) groups is 1. The van der Waals surface area contributed by atoms with Crippen molar-refractivity contribution >= 4 is 23.1 Å². The molecule has 0 atom stereocenters. The number of rotatable bonds is 8. The fourth-order valence-corrected chi connectivity index (χ4v) is 2.99. The molecule has 3 heteroatoms. The summed E-state index contributed by atoms with van der Waals surface area (Å²) in [6.07, 6.45) is 4.79. The van der Waals surface area contributed by atoms with Gasteiger partial charge in [-0.05, 0) is 42.8 Å². The van der Waals surface area contributed by atoms with Crippen LogP contribution in [0.4, 0.5) is 0 Å². The minimum atomic E-state index is 0.272. The van der Waals surface area contributed by atoms with Crippen molar-refractivity contribution in [2.75, 3.05) is 25.1 Å². The second kappa shape index (κ2) is 7.36. The Bertz CT molecular complexity index is 267. The Kier molecular flexibility index (Phi) is 6.47. The summed E-state index contributed by atoms with van der Waals surface area (Å²) >= 11 is 3.80. The molecular weight excluding hydrogens is 234 g/mol. The lowest BCUT2D eigenvalue weighted by atomic mass is 9.91. The topological polar surface area (TPSA) is 12.0 Å². The predicted octanol–water partition coefficient (Wildman–Crippen LogP) is 3.76. The van der Waals surface area contributed by atoms with Gasteiger partial charge in [0.15, 0.2) is 0 Å². The van der Waals surface area contributed by atoms with E-state index in [0.29, 0.717) is 0 Å². The van der Waals surface area contributed by atoms with Gasteiger partial charge in [0.2, 0.25) is 0 Å². The van der Waals surface area contributed by atoms with Crippen molar-refractivity contribution in [3.8, 4) is 0 Å². The van der Waals surface area contributed by atoms with Gasteiger partial charge in [0, 0.05) is 16.8 Å². The van der Waals surface area contributed by atoms with Gasteiger partial charge in [-0.3, -0.25) is 0 Å². The zero-order valence-electron chi connectivity index (χ0n) is 10.6. The van der Waals surface area contributed by atoms with Crippen molar-refractivity contribution in [1.29, 1.82) is 0 Å². The Hall–Kier alpha value is 0.01000. The average molecular weight is 257 g/mol. The van der Waals surface area contributed by atoms with Gasteiger partial charge < -0.3 is 5.32 Å².